The van der Waals surface area contributed by atoms with Crippen molar-refractivity contribution in [2.45, 2.75) is 135 Å². The van der Waals surface area contributed by atoms with Crippen LogP contribution in [0.2, 0.25) is 0 Å². The third-order valence-corrected chi connectivity index (χ3v) is 12.8. The second-order valence-corrected chi connectivity index (χ2v) is 19.6. The van der Waals surface area contributed by atoms with Crippen molar-refractivity contribution in [3.05, 3.63) is 54.5 Å². The molecule has 0 bridgehead atoms. The van der Waals surface area contributed by atoms with Crippen molar-refractivity contribution in [3.8, 4) is 11.8 Å². The fourth-order valence-electron chi connectivity index (χ4n) is 8.07. The molecule has 0 amide bonds. The van der Waals surface area contributed by atoms with Gasteiger partial charge in [-0.3, -0.25) is 18.9 Å². The van der Waals surface area contributed by atoms with E-state index in [2.05, 4.69) is 21.2 Å². The van der Waals surface area contributed by atoms with Crippen molar-refractivity contribution in [2.24, 2.45) is 16.7 Å². The minimum Gasteiger partial charge on any atom is -0.459 e. The summed E-state index contributed by atoms with van der Waals surface area (Å²) in [5, 5.41) is 18.0. The summed E-state index contributed by atoms with van der Waals surface area (Å²) in [6.07, 6.45) is 3.92. The number of nitriles is 1. The molecule has 3 N–H and O–H groups in total. The van der Waals surface area contributed by atoms with E-state index in [1.807, 2.05) is 0 Å². The highest BCUT2D eigenvalue weighted by molar-refractivity contribution is 7.52. The topological polar surface area (TPSA) is 233 Å². The molecule has 3 aromatic rings. The van der Waals surface area contributed by atoms with Crippen molar-refractivity contribution in [3.63, 3.8) is 0 Å². The molecule has 18 heteroatoms. The Morgan fingerprint density at radius 2 is 1.67 bits per heavy atom. The number of carbonyl (C=O) groups is 4. The lowest BCUT2D eigenvalue weighted by Crippen LogP contribution is -2.48. The van der Waals surface area contributed by atoms with Crippen LogP contribution in [0.5, 0.6) is 5.75 Å². The van der Waals surface area contributed by atoms with Crippen LogP contribution in [-0.4, -0.2) is 75.4 Å². The molecule has 6 atom stereocenters. The normalized spacial score (nSPS) is 24.6. The first-order chi connectivity index (χ1) is 28.3. The van der Waals surface area contributed by atoms with E-state index in [-0.39, 0.29) is 23.2 Å². The third kappa shape index (κ3) is 9.52. The van der Waals surface area contributed by atoms with Crippen molar-refractivity contribution in [1.29, 1.82) is 5.26 Å². The molecule has 17 nitrogen and oxygen atoms in total. The minimum absolute atomic E-state index is 0.0547. The van der Waals surface area contributed by atoms with Crippen LogP contribution in [0.25, 0.3) is 5.52 Å². The van der Waals surface area contributed by atoms with Crippen LogP contribution in [0, 0.1) is 28.1 Å². The van der Waals surface area contributed by atoms with E-state index >= 15 is 0 Å². The van der Waals surface area contributed by atoms with Crippen LogP contribution in [0.3, 0.4) is 0 Å². The summed E-state index contributed by atoms with van der Waals surface area (Å²) in [6, 6.07) is 11.8. The average molecular weight is 851 g/mol. The van der Waals surface area contributed by atoms with Crippen molar-refractivity contribution < 1.29 is 51.7 Å². The summed E-state index contributed by atoms with van der Waals surface area (Å²) in [6.45, 7) is 8.96. The molecule has 2 aliphatic carbocycles. The lowest BCUT2D eigenvalue weighted by Gasteiger charge is -2.35. The number of ether oxygens (including phenoxy) is 4. The Labute approximate surface area is 349 Å². The third-order valence-electron chi connectivity index (χ3n) is 11.3. The number of benzene rings is 1. The number of hydrogen-bond acceptors (Lipinski definition) is 15. The van der Waals surface area contributed by atoms with Gasteiger partial charge in [-0.15, -0.1) is 0 Å². The molecular formula is C42H55N6O11P. The number of rotatable bonds is 15. The van der Waals surface area contributed by atoms with Crippen LogP contribution in [-0.2, 0) is 52.8 Å². The van der Waals surface area contributed by atoms with Crippen LogP contribution in [0.4, 0.5) is 5.82 Å². The molecule has 0 radical (unpaired) electrons. The molecule has 3 aliphatic rings. The van der Waals surface area contributed by atoms with Gasteiger partial charge in [0, 0.05) is 0 Å². The van der Waals surface area contributed by atoms with Crippen molar-refractivity contribution in [1.82, 2.24) is 19.7 Å². The summed E-state index contributed by atoms with van der Waals surface area (Å²) in [5.41, 5.74) is 1.50. The zero-order valence-corrected chi connectivity index (χ0v) is 35.9. The molecular weight excluding hydrogens is 795 g/mol. The number of para-hydroxylation sites is 1. The first-order valence-electron chi connectivity index (χ1n) is 20.4. The number of hydrogen-bond donors (Lipinski definition) is 2. The molecule has 0 unspecified atom stereocenters. The number of nitrogens with two attached hydrogens (primary N) is 1. The van der Waals surface area contributed by atoms with E-state index in [0.29, 0.717) is 11.8 Å². The predicted molar refractivity (Wildman–Crippen MR) is 216 cm³/mol. The average Bonchev–Trinajstić information content (AvgIpc) is 4.02. The van der Waals surface area contributed by atoms with Gasteiger partial charge in [-0.2, -0.15) is 10.4 Å². The predicted octanol–water partition coefficient (Wildman–Crippen LogP) is 6.14. The Morgan fingerprint density at radius 1 is 1.02 bits per heavy atom. The van der Waals surface area contributed by atoms with Gasteiger partial charge in [0.15, 0.2) is 18.0 Å². The maximum atomic E-state index is 14.8. The van der Waals surface area contributed by atoms with Gasteiger partial charge in [-0.05, 0) is 110 Å². The number of aldehydes is 1. The molecule has 324 valence electrons. The Hall–Kier alpha value is -4.88. The molecule has 1 aromatic carbocycles. The van der Waals surface area contributed by atoms with Gasteiger partial charge in [0.05, 0.1) is 35.6 Å². The highest BCUT2D eigenvalue weighted by Crippen LogP contribution is 2.50. The van der Waals surface area contributed by atoms with Gasteiger partial charge >= 0.3 is 25.7 Å². The quantitative estimate of drug-likeness (QED) is 0.0756. The van der Waals surface area contributed by atoms with Gasteiger partial charge in [0.2, 0.25) is 5.60 Å². The van der Waals surface area contributed by atoms with Crippen LogP contribution in [0.15, 0.2) is 48.8 Å². The maximum Gasteiger partial charge on any atom is 0.459 e. The fraction of sp³-hybridized carbons (Fsp3) is 0.595. The molecule has 3 fully saturated rings. The Balaban J connectivity index is 1.34. The minimum atomic E-state index is -4.66. The zero-order chi connectivity index (χ0) is 43.5. The Bertz CT molecular complexity index is 2130. The summed E-state index contributed by atoms with van der Waals surface area (Å²) in [7, 11) is -4.66. The lowest BCUT2D eigenvalue weighted by molar-refractivity contribution is -0.179. The summed E-state index contributed by atoms with van der Waals surface area (Å²) in [5.74, 6) is -1.70. The lowest BCUT2D eigenvalue weighted by atomic mass is 9.84. The van der Waals surface area contributed by atoms with Crippen molar-refractivity contribution in [2.75, 3.05) is 12.3 Å². The smallest absolute Gasteiger partial charge is 0.459 e. The standard InChI is InChI=1S/C42H55N6O11P/c1-39(2,3)37(51)55-34-31(57-42(25-43,35(34)56-38(52)40(4,5)6)32-19-18-30-36(44)45-26-46-48(30)32)24-54-60(53,59-29-16-8-7-9-17-29)47-28(23-49)22-33(50)58-41(20-12-13-21-41)27-14-10-11-15-27/h7-9,16-19,23,26-28,31,34-35H,10-15,20-22,24H2,1-6H3,(H,47,53)(H2,44,45,46)/t28-,31+,34+,35+,42-,60+/m0/s1. The van der Waals surface area contributed by atoms with Gasteiger partial charge in [0.25, 0.3) is 0 Å². The number of nitrogen functional groups attached to an aromatic ring is 1. The Kier molecular flexibility index (Phi) is 13.1. The van der Waals surface area contributed by atoms with Gasteiger partial charge in [-0.25, -0.2) is 19.2 Å². The number of anilines is 1. The number of esters is 3. The maximum absolute atomic E-state index is 14.8. The zero-order valence-electron chi connectivity index (χ0n) is 35.0. The number of carbonyl (C=O) groups excluding carboxylic acids is 4. The van der Waals surface area contributed by atoms with E-state index in [1.54, 1.807) is 65.8 Å². The van der Waals surface area contributed by atoms with Gasteiger partial charge in [0.1, 0.15) is 41.7 Å². The van der Waals surface area contributed by atoms with Crippen LogP contribution >= 0.6 is 7.75 Å². The first kappa shape index (κ1) is 44.7. The molecule has 1 saturated heterocycles. The summed E-state index contributed by atoms with van der Waals surface area (Å²) >= 11 is 0. The number of aromatic nitrogens is 3. The SMILES string of the molecule is CC(C)(C)C(=O)O[C@H]1[C@@H](OC(=O)C(C)(C)C)[C@](C#N)(c2ccc3c(N)ncnn23)O[C@@H]1CO[P@](=O)(N[C@H](C=O)CC(=O)OC1(C2CCCC2)CCCC1)Oc1ccccc1. The van der Waals surface area contributed by atoms with E-state index in [9.17, 15) is 29.0 Å². The van der Waals surface area contributed by atoms with E-state index < -0.39 is 85.1 Å². The molecule has 2 aromatic heterocycles. The molecule has 1 aliphatic heterocycles. The fourth-order valence-corrected chi connectivity index (χ4v) is 9.55. The number of fused-ring (bicyclic) bond motifs is 1. The first-order valence-corrected chi connectivity index (χ1v) is 21.9. The number of nitrogens with zero attached hydrogens (tertiary/aromatic N) is 4. The summed E-state index contributed by atoms with van der Waals surface area (Å²) < 4.78 is 52.9. The Morgan fingerprint density at radius 3 is 2.28 bits per heavy atom. The van der Waals surface area contributed by atoms with E-state index in [1.165, 1.54) is 29.0 Å². The second-order valence-electron chi connectivity index (χ2n) is 17.9. The van der Waals surface area contributed by atoms with Crippen molar-refractivity contribution >= 4 is 43.3 Å². The molecule has 2 saturated carbocycles. The van der Waals surface area contributed by atoms with Crippen LogP contribution in [0.1, 0.15) is 105 Å². The van der Waals surface area contributed by atoms with Gasteiger partial charge < -0.3 is 34.0 Å². The second kappa shape index (κ2) is 17.6. The van der Waals surface area contributed by atoms with Gasteiger partial charge in [-0.1, -0.05) is 31.0 Å². The molecule has 6 rings (SSSR count). The van der Waals surface area contributed by atoms with Crippen LogP contribution < -0.4 is 15.3 Å². The largest absolute Gasteiger partial charge is 0.459 e. The monoisotopic (exact) mass is 850 g/mol. The van der Waals surface area contributed by atoms with E-state index in [4.69, 9.17) is 33.7 Å². The number of nitrogens with one attached hydrogen (secondary N) is 1. The highest BCUT2D eigenvalue weighted by Gasteiger charge is 2.63. The highest BCUT2D eigenvalue weighted by atomic mass is 31.2. The van der Waals surface area contributed by atoms with E-state index in [0.717, 1.165) is 51.4 Å². The molecule has 0 spiro atoms. The molecule has 60 heavy (non-hydrogen) atoms. The summed E-state index contributed by atoms with van der Waals surface area (Å²) in [4.78, 5) is 57.4. The molecule has 3 heterocycles.